The summed E-state index contributed by atoms with van der Waals surface area (Å²) in [5.74, 6) is 1.70. The van der Waals surface area contributed by atoms with E-state index in [1.807, 2.05) is 25.7 Å². The maximum absolute atomic E-state index is 12.7. The fraction of sp³-hybridized carbons (Fsp3) is 0.500. The Morgan fingerprint density at radius 3 is 2.37 bits per heavy atom. The first-order valence-corrected chi connectivity index (χ1v) is 10.7. The molecule has 0 saturated carbocycles. The maximum atomic E-state index is 12.7. The molecule has 2 aromatic rings. The molecule has 7 nitrogen and oxygen atoms in total. The zero-order chi connectivity index (χ0) is 21.4. The largest absolute Gasteiger partial charge is 0.390 e. The third-order valence-corrected chi connectivity index (χ3v) is 6.45. The van der Waals surface area contributed by atoms with Crippen LogP contribution in [-0.2, 0) is 0 Å². The van der Waals surface area contributed by atoms with Crippen LogP contribution < -0.4 is 4.90 Å². The molecule has 0 bridgehead atoms. The van der Waals surface area contributed by atoms with Crippen molar-refractivity contribution in [2.75, 3.05) is 44.2 Å². The van der Waals surface area contributed by atoms with Gasteiger partial charge >= 0.3 is 0 Å². The Bertz CT molecular complexity index is 928. The molecule has 2 saturated heterocycles. The molecule has 8 heteroatoms. The number of β-amino-alcohol motifs (C(OH)–C–C–N with tert-alkyl or cyclic N) is 1. The molecule has 2 aliphatic rings. The van der Waals surface area contributed by atoms with Gasteiger partial charge in [0, 0.05) is 61.1 Å². The SMILES string of the molecule is Cc1nc(C)c(C)c(N2C[C@H](O)[C@@H](N3CCN(C(=O)c4ccc(Cl)cc4)CC3)C2)n1. The van der Waals surface area contributed by atoms with E-state index in [1.165, 1.54) is 0 Å². The summed E-state index contributed by atoms with van der Waals surface area (Å²) in [5.41, 5.74) is 2.70. The Kier molecular flexibility index (Phi) is 5.95. The second-order valence-corrected chi connectivity index (χ2v) is 8.62. The summed E-state index contributed by atoms with van der Waals surface area (Å²) in [6.45, 7) is 10.0. The summed E-state index contributed by atoms with van der Waals surface area (Å²) in [6.07, 6.45) is -0.446. The first-order valence-electron chi connectivity index (χ1n) is 10.4. The van der Waals surface area contributed by atoms with Crippen molar-refractivity contribution in [3.05, 3.63) is 51.9 Å². The van der Waals surface area contributed by atoms with Crippen molar-refractivity contribution >= 4 is 23.3 Å². The molecule has 1 N–H and O–H groups in total. The standard InChI is InChI=1S/C22H28ClN5O2/c1-14-15(2)24-16(3)25-21(14)28-12-19(20(29)13-28)26-8-10-27(11-9-26)22(30)17-4-6-18(23)7-5-17/h4-7,19-20,29H,8-13H2,1-3H3/t19-,20-/m0/s1. The second-order valence-electron chi connectivity index (χ2n) is 8.18. The number of piperazine rings is 1. The van der Waals surface area contributed by atoms with E-state index in [0.717, 1.165) is 42.5 Å². The molecule has 160 valence electrons. The zero-order valence-electron chi connectivity index (χ0n) is 17.7. The van der Waals surface area contributed by atoms with Crippen LogP contribution in [0.2, 0.25) is 5.02 Å². The van der Waals surface area contributed by atoms with Crippen molar-refractivity contribution in [3.8, 4) is 0 Å². The zero-order valence-corrected chi connectivity index (χ0v) is 18.4. The van der Waals surface area contributed by atoms with Gasteiger partial charge in [-0.1, -0.05) is 11.6 Å². The molecule has 3 heterocycles. The van der Waals surface area contributed by atoms with E-state index in [2.05, 4.69) is 19.8 Å². The summed E-state index contributed by atoms with van der Waals surface area (Å²) >= 11 is 5.92. The third-order valence-electron chi connectivity index (χ3n) is 6.20. The molecule has 0 aliphatic carbocycles. The number of aromatic nitrogens is 2. The van der Waals surface area contributed by atoms with Crippen LogP contribution in [0.5, 0.6) is 0 Å². The number of carbonyl (C=O) groups is 1. The van der Waals surface area contributed by atoms with E-state index < -0.39 is 6.10 Å². The lowest BCUT2D eigenvalue weighted by Gasteiger charge is -2.38. The van der Waals surface area contributed by atoms with E-state index in [1.54, 1.807) is 24.3 Å². The average Bonchev–Trinajstić information content (AvgIpc) is 3.12. The second kappa shape index (κ2) is 8.49. The van der Waals surface area contributed by atoms with Crippen LogP contribution in [0.25, 0.3) is 0 Å². The van der Waals surface area contributed by atoms with Crippen molar-refractivity contribution in [2.45, 2.75) is 32.9 Å². The Hall–Kier alpha value is -2.22. The highest BCUT2D eigenvalue weighted by atomic mass is 35.5. The lowest BCUT2D eigenvalue weighted by Crippen LogP contribution is -2.54. The fourth-order valence-corrected chi connectivity index (χ4v) is 4.52. The summed E-state index contributed by atoms with van der Waals surface area (Å²) in [7, 11) is 0. The van der Waals surface area contributed by atoms with Crippen LogP contribution in [0.4, 0.5) is 5.82 Å². The van der Waals surface area contributed by atoms with E-state index in [4.69, 9.17) is 11.6 Å². The summed E-state index contributed by atoms with van der Waals surface area (Å²) in [6, 6.07) is 7.06. The third kappa shape index (κ3) is 4.15. The monoisotopic (exact) mass is 429 g/mol. The van der Waals surface area contributed by atoms with E-state index in [-0.39, 0.29) is 11.9 Å². The van der Waals surface area contributed by atoms with Crippen LogP contribution in [0.15, 0.2) is 24.3 Å². The smallest absolute Gasteiger partial charge is 0.253 e. The van der Waals surface area contributed by atoms with Gasteiger partial charge in [0.25, 0.3) is 5.91 Å². The number of carbonyl (C=O) groups excluding carboxylic acids is 1. The van der Waals surface area contributed by atoms with Crippen LogP contribution >= 0.6 is 11.6 Å². The van der Waals surface area contributed by atoms with Gasteiger partial charge < -0.3 is 14.9 Å². The van der Waals surface area contributed by atoms with Gasteiger partial charge in [-0.15, -0.1) is 0 Å². The molecule has 2 aliphatic heterocycles. The number of hydrogen-bond donors (Lipinski definition) is 1. The van der Waals surface area contributed by atoms with Gasteiger partial charge in [0.05, 0.1) is 12.1 Å². The van der Waals surface area contributed by atoms with Gasteiger partial charge in [-0.25, -0.2) is 9.97 Å². The highest BCUT2D eigenvalue weighted by molar-refractivity contribution is 6.30. The molecular weight excluding hydrogens is 402 g/mol. The van der Waals surface area contributed by atoms with Gasteiger partial charge in [-0.3, -0.25) is 9.69 Å². The molecule has 1 aromatic carbocycles. The number of benzene rings is 1. The highest BCUT2D eigenvalue weighted by Gasteiger charge is 2.38. The van der Waals surface area contributed by atoms with Crippen molar-refractivity contribution < 1.29 is 9.90 Å². The maximum Gasteiger partial charge on any atom is 0.253 e. The molecule has 0 radical (unpaired) electrons. The number of hydrogen-bond acceptors (Lipinski definition) is 6. The lowest BCUT2D eigenvalue weighted by molar-refractivity contribution is 0.0376. The predicted octanol–water partition coefficient (Wildman–Crippen LogP) is 2.06. The fourth-order valence-electron chi connectivity index (χ4n) is 4.39. The molecular formula is C22H28ClN5O2. The Morgan fingerprint density at radius 2 is 1.70 bits per heavy atom. The Labute approximate surface area is 182 Å². The van der Waals surface area contributed by atoms with Crippen molar-refractivity contribution in [2.24, 2.45) is 0 Å². The number of aliphatic hydroxyl groups excluding tert-OH is 1. The number of rotatable bonds is 3. The summed E-state index contributed by atoms with van der Waals surface area (Å²) in [5, 5.41) is 11.4. The molecule has 4 rings (SSSR count). The number of halogens is 1. The van der Waals surface area contributed by atoms with Gasteiger partial charge in [-0.05, 0) is 45.0 Å². The van der Waals surface area contributed by atoms with Crippen LogP contribution in [0, 0.1) is 20.8 Å². The first kappa shape index (κ1) is 21.0. The van der Waals surface area contributed by atoms with Crippen LogP contribution in [-0.4, -0.2) is 82.2 Å². The first-order chi connectivity index (χ1) is 14.3. The van der Waals surface area contributed by atoms with Gasteiger partial charge in [0.2, 0.25) is 0 Å². The molecule has 1 amide bonds. The van der Waals surface area contributed by atoms with E-state index >= 15 is 0 Å². The van der Waals surface area contributed by atoms with Crippen molar-refractivity contribution in [1.29, 1.82) is 0 Å². The number of anilines is 1. The molecule has 1 aromatic heterocycles. The quantitative estimate of drug-likeness (QED) is 0.805. The molecule has 2 atom stereocenters. The minimum Gasteiger partial charge on any atom is -0.390 e. The predicted molar refractivity (Wildman–Crippen MR) is 117 cm³/mol. The van der Waals surface area contributed by atoms with E-state index in [9.17, 15) is 9.90 Å². The van der Waals surface area contributed by atoms with Crippen molar-refractivity contribution in [1.82, 2.24) is 19.8 Å². The average molecular weight is 430 g/mol. The lowest BCUT2D eigenvalue weighted by atomic mass is 10.1. The van der Waals surface area contributed by atoms with Gasteiger partial charge in [0.15, 0.2) is 0 Å². The minimum atomic E-state index is -0.446. The van der Waals surface area contributed by atoms with Crippen molar-refractivity contribution in [3.63, 3.8) is 0 Å². The Balaban J connectivity index is 1.39. The number of nitrogens with zero attached hydrogens (tertiary/aromatic N) is 5. The summed E-state index contributed by atoms with van der Waals surface area (Å²) in [4.78, 5) is 28.1. The number of aliphatic hydroxyl groups is 1. The van der Waals surface area contributed by atoms with Gasteiger partial charge in [0.1, 0.15) is 11.6 Å². The Morgan fingerprint density at radius 1 is 1.03 bits per heavy atom. The number of aryl methyl sites for hydroxylation is 2. The topological polar surface area (TPSA) is 72.8 Å². The minimum absolute atomic E-state index is 0.0301. The highest BCUT2D eigenvalue weighted by Crippen LogP contribution is 2.27. The normalized spacial score (nSPS) is 22.6. The van der Waals surface area contributed by atoms with E-state index in [0.29, 0.717) is 30.2 Å². The molecule has 30 heavy (non-hydrogen) atoms. The molecule has 0 spiro atoms. The molecule has 0 unspecified atom stereocenters. The summed E-state index contributed by atoms with van der Waals surface area (Å²) < 4.78 is 0. The molecule has 2 fully saturated rings. The van der Waals surface area contributed by atoms with Crippen LogP contribution in [0.1, 0.15) is 27.4 Å². The van der Waals surface area contributed by atoms with Gasteiger partial charge in [-0.2, -0.15) is 0 Å². The number of amides is 1. The van der Waals surface area contributed by atoms with Crippen LogP contribution in [0.3, 0.4) is 0 Å².